The van der Waals surface area contributed by atoms with Crippen LogP contribution in [0.3, 0.4) is 0 Å². The van der Waals surface area contributed by atoms with Crippen LogP contribution in [0.25, 0.3) is 0 Å². The molecule has 1 aromatic rings. The van der Waals surface area contributed by atoms with Crippen molar-refractivity contribution in [1.82, 2.24) is 4.31 Å². The van der Waals surface area contributed by atoms with Crippen LogP contribution in [-0.2, 0) is 10.0 Å². The SMILES string of the molecule is Nc1ccc(OCCS(=O)(=O)N2CC3CCCC3C2)cc1. The number of ether oxygens (including phenoxy) is 1. The molecule has 1 saturated heterocycles. The van der Waals surface area contributed by atoms with Gasteiger partial charge < -0.3 is 10.5 Å². The average molecular weight is 310 g/mol. The number of nitrogens with two attached hydrogens (primary N) is 1. The summed E-state index contributed by atoms with van der Waals surface area (Å²) >= 11 is 0. The maximum Gasteiger partial charge on any atom is 0.217 e. The second-order valence-electron chi connectivity index (χ2n) is 6.00. The summed E-state index contributed by atoms with van der Waals surface area (Å²) in [5.41, 5.74) is 6.26. The van der Waals surface area contributed by atoms with Crippen molar-refractivity contribution in [1.29, 1.82) is 0 Å². The normalized spacial score (nSPS) is 25.9. The number of hydrogen-bond donors (Lipinski definition) is 1. The summed E-state index contributed by atoms with van der Waals surface area (Å²) in [5.74, 6) is 1.85. The van der Waals surface area contributed by atoms with Crippen LogP contribution in [-0.4, -0.2) is 38.2 Å². The Morgan fingerprint density at radius 2 is 1.76 bits per heavy atom. The Kier molecular flexibility index (Phi) is 4.08. The predicted molar refractivity (Wildman–Crippen MR) is 82.5 cm³/mol. The average Bonchev–Trinajstić information content (AvgIpc) is 3.02. The van der Waals surface area contributed by atoms with E-state index in [9.17, 15) is 8.42 Å². The van der Waals surface area contributed by atoms with Crippen molar-refractivity contribution >= 4 is 15.7 Å². The molecule has 1 aliphatic heterocycles. The predicted octanol–water partition coefficient (Wildman–Crippen LogP) is 1.71. The smallest absolute Gasteiger partial charge is 0.217 e. The third kappa shape index (κ3) is 3.32. The molecule has 1 aliphatic carbocycles. The number of fused-ring (bicyclic) bond motifs is 1. The maximum atomic E-state index is 12.3. The fraction of sp³-hybridized carbons (Fsp3) is 0.600. The van der Waals surface area contributed by atoms with Crippen LogP contribution in [0.5, 0.6) is 5.75 Å². The molecule has 116 valence electrons. The number of sulfonamides is 1. The van der Waals surface area contributed by atoms with Gasteiger partial charge in [-0.25, -0.2) is 12.7 Å². The van der Waals surface area contributed by atoms with Gasteiger partial charge in [-0.15, -0.1) is 0 Å². The lowest BCUT2D eigenvalue weighted by Crippen LogP contribution is -2.33. The van der Waals surface area contributed by atoms with E-state index in [-0.39, 0.29) is 12.4 Å². The Labute approximate surface area is 126 Å². The highest BCUT2D eigenvalue weighted by molar-refractivity contribution is 7.89. The third-order valence-electron chi connectivity index (χ3n) is 4.58. The van der Waals surface area contributed by atoms with Gasteiger partial charge in [0.1, 0.15) is 12.4 Å². The van der Waals surface area contributed by atoms with Crippen LogP contribution in [0.15, 0.2) is 24.3 Å². The Balaban J connectivity index is 1.51. The number of nitrogens with zero attached hydrogens (tertiary/aromatic N) is 1. The van der Waals surface area contributed by atoms with Crippen LogP contribution in [0.1, 0.15) is 19.3 Å². The van der Waals surface area contributed by atoms with Crippen LogP contribution in [0, 0.1) is 11.8 Å². The Morgan fingerprint density at radius 3 is 2.38 bits per heavy atom. The second-order valence-corrected chi connectivity index (χ2v) is 8.09. The van der Waals surface area contributed by atoms with E-state index in [0.717, 1.165) is 0 Å². The summed E-state index contributed by atoms with van der Waals surface area (Å²) < 4.78 is 31.8. The van der Waals surface area contributed by atoms with Crippen LogP contribution < -0.4 is 10.5 Å². The minimum absolute atomic E-state index is 0.0385. The molecule has 2 atom stereocenters. The van der Waals surface area contributed by atoms with Crippen molar-refractivity contribution in [2.45, 2.75) is 19.3 Å². The van der Waals surface area contributed by atoms with Gasteiger partial charge in [0, 0.05) is 18.8 Å². The van der Waals surface area contributed by atoms with Crippen LogP contribution in [0.2, 0.25) is 0 Å². The first-order valence-electron chi connectivity index (χ1n) is 7.51. The summed E-state index contributed by atoms with van der Waals surface area (Å²) in [7, 11) is -3.20. The summed E-state index contributed by atoms with van der Waals surface area (Å²) in [4.78, 5) is 0. The van der Waals surface area contributed by atoms with E-state index in [4.69, 9.17) is 10.5 Å². The minimum atomic E-state index is -3.20. The molecule has 2 N–H and O–H groups in total. The van der Waals surface area contributed by atoms with Gasteiger partial charge in [-0.3, -0.25) is 0 Å². The van der Waals surface area contributed by atoms with Crippen molar-refractivity contribution in [3.05, 3.63) is 24.3 Å². The molecular formula is C15H22N2O3S. The molecule has 2 fully saturated rings. The molecule has 3 rings (SSSR count). The van der Waals surface area contributed by atoms with Gasteiger partial charge in [0.05, 0.1) is 5.75 Å². The van der Waals surface area contributed by atoms with Gasteiger partial charge in [-0.1, -0.05) is 6.42 Å². The molecule has 0 aromatic heterocycles. The van der Waals surface area contributed by atoms with Crippen molar-refractivity contribution in [3.8, 4) is 5.75 Å². The lowest BCUT2D eigenvalue weighted by molar-refractivity contribution is 0.336. The highest BCUT2D eigenvalue weighted by Crippen LogP contribution is 2.38. The number of nitrogen functional groups attached to an aromatic ring is 1. The second kappa shape index (κ2) is 5.85. The number of anilines is 1. The first-order chi connectivity index (χ1) is 10.0. The van der Waals surface area contributed by atoms with Gasteiger partial charge >= 0.3 is 0 Å². The maximum absolute atomic E-state index is 12.3. The highest BCUT2D eigenvalue weighted by Gasteiger charge is 2.40. The van der Waals surface area contributed by atoms with Crippen molar-refractivity contribution in [2.75, 3.05) is 31.2 Å². The molecule has 6 heteroatoms. The summed E-state index contributed by atoms with van der Waals surface area (Å²) in [6.45, 7) is 1.59. The van der Waals surface area contributed by atoms with Gasteiger partial charge in [0.2, 0.25) is 10.0 Å². The van der Waals surface area contributed by atoms with Crippen molar-refractivity contribution in [2.24, 2.45) is 11.8 Å². The van der Waals surface area contributed by atoms with Gasteiger partial charge in [-0.05, 0) is 48.9 Å². The monoisotopic (exact) mass is 310 g/mol. The largest absolute Gasteiger partial charge is 0.492 e. The summed E-state index contributed by atoms with van der Waals surface area (Å²) in [6.07, 6.45) is 3.61. The fourth-order valence-corrected chi connectivity index (χ4v) is 4.77. The van der Waals surface area contributed by atoms with Crippen LogP contribution in [0.4, 0.5) is 5.69 Å². The molecular weight excluding hydrogens is 288 g/mol. The standard InChI is InChI=1S/C15H22N2O3S/c16-14-4-6-15(7-5-14)20-8-9-21(18,19)17-10-12-2-1-3-13(12)11-17/h4-7,12-13H,1-3,8-11,16H2. The zero-order valence-corrected chi connectivity index (χ0v) is 12.9. The molecule has 2 unspecified atom stereocenters. The zero-order valence-electron chi connectivity index (χ0n) is 12.1. The number of benzene rings is 1. The van der Waals surface area contributed by atoms with Crippen LogP contribution >= 0.6 is 0 Å². The van der Waals surface area contributed by atoms with E-state index in [2.05, 4.69) is 0 Å². The van der Waals surface area contributed by atoms with Gasteiger partial charge in [-0.2, -0.15) is 0 Å². The van der Waals surface area contributed by atoms with E-state index >= 15 is 0 Å². The molecule has 2 aliphatic rings. The Hall–Kier alpha value is -1.27. The number of rotatable bonds is 5. The Morgan fingerprint density at radius 1 is 1.14 bits per heavy atom. The minimum Gasteiger partial charge on any atom is -0.492 e. The third-order valence-corrected chi connectivity index (χ3v) is 6.34. The van der Waals surface area contributed by atoms with Gasteiger partial charge in [0.15, 0.2) is 0 Å². The van der Waals surface area contributed by atoms with E-state index in [1.165, 1.54) is 19.3 Å². The molecule has 5 nitrogen and oxygen atoms in total. The van der Waals surface area contributed by atoms with Crippen molar-refractivity contribution in [3.63, 3.8) is 0 Å². The quantitative estimate of drug-likeness (QED) is 0.840. The van der Waals surface area contributed by atoms with Crippen molar-refractivity contribution < 1.29 is 13.2 Å². The molecule has 0 amide bonds. The van der Waals surface area contributed by atoms with E-state index in [0.29, 0.717) is 36.4 Å². The molecule has 1 saturated carbocycles. The molecule has 1 aromatic carbocycles. The Bertz CT molecular complexity index is 573. The number of hydrogen-bond acceptors (Lipinski definition) is 4. The zero-order chi connectivity index (χ0) is 14.9. The molecule has 0 spiro atoms. The van der Waals surface area contributed by atoms with E-state index in [1.807, 2.05) is 0 Å². The molecule has 0 radical (unpaired) electrons. The molecule has 0 bridgehead atoms. The topological polar surface area (TPSA) is 72.6 Å². The fourth-order valence-electron chi connectivity index (χ4n) is 3.38. The summed E-state index contributed by atoms with van der Waals surface area (Å²) in [5, 5.41) is 0. The summed E-state index contributed by atoms with van der Waals surface area (Å²) in [6, 6.07) is 6.99. The lowest BCUT2D eigenvalue weighted by Gasteiger charge is -2.17. The lowest BCUT2D eigenvalue weighted by atomic mass is 10.0. The molecule has 1 heterocycles. The molecule has 21 heavy (non-hydrogen) atoms. The first kappa shape index (κ1) is 14.7. The highest BCUT2D eigenvalue weighted by atomic mass is 32.2. The first-order valence-corrected chi connectivity index (χ1v) is 9.12. The van der Waals surface area contributed by atoms with Gasteiger partial charge in [0.25, 0.3) is 0 Å². The van der Waals surface area contributed by atoms with E-state index < -0.39 is 10.0 Å². The van der Waals surface area contributed by atoms with E-state index in [1.54, 1.807) is 28.6 Å².